The monoisotopic (exact) mass is 234 g/mol. The van der Waals surface area contributed by atoms with Crippen molar-refractivity contribution in [2.24, 2.45) is 12.8 Å². The SMILES string of the molecule is Cn1c(=O)n(CCC(C)(C)N)c2ccncc21. The van der Waals surface area contributed by atoms with Gasteiger partial charge >= 0.3 is 5.69 Å². The summed E-state index contributed by atoms with van der Waals surface area (Å²) in [6.07, 6.45) is 4.17. The first-order valence-corrected chi connectivity index (χ1v) is 5.68. The minimum absolute atomic E-state index is 0.0164. The van der Waals surface area contributed by atoms with E-state index in [2.05, 4.69) is 4.98 Å². The Bertz CT molecular complexity index is 589. The molecule has 5 nitrogen and oxygen atoms in total. The topological polar surface area (TPSA) is 65.8 Å². The van der Waals surface area contributed by atoms with Crippen molar-refractivity contribution < 1.29 is 0 Å². The summed E-state index contributed by atoms with van der Waals surface area (Å²) in [4.78, 5) is 16.1. The van der Waals surface area contributed by atoms with Crippen molar-refractivity contribution in [2.45, 2.75) is 32.4 Å². The zero-order chi connectivity index (χ0) is 12.6. The van der Waals surface area contributed by atoms with Crippen LogP contribution in [0.1, 0.15) is 20.3 Å². The molecular weight excluding hydrogens is 216 g/mol. The Hall–Kier alpha value is -1.62. The molecule has 0 saturated heterocycles. The first kappa shape index (κ1) is 11.9. The van der Waals surface area contributed by atoms with Crippen LogP contribution in [-0.2, 0) is 13.6 Å². The number of pyridine rings is 1. The van der Waals surface area contributed by atoms with Crippen molar-refractivity contribution in [1.82, 2.24) is 14.1 Å². The average molecular weight is 234 g/mol. The van der Waals surface area contributed by atoms with Crippen molar-refractivity contribution in [3.63, 3.8) is 0 Å². The average Bonchev–Trinajstić information content (AvgIpc) is 2.49. The molecule has 0 aliphatic carbocycles. The van der Waals surface area contributed by atoms with E-state index in [0.29, 0.717) is 6.54 Å². The van der Waals surface area contributed by atoms with Crippen LogP contribution in [0.5, 0.6) is 0 Å². The summed E-state index contributed by atoms with van der Waals surface area (Å²) in [6, 6.07) is 1.86. The van der Waals surface area contributed by atoms with Gasteiger partial charge in [-0.15, -0.1) is 0 Å². The summed E-state index contributed by atoms with van der Waals surface area (Å²) >= 11 is 0. The van der Waals surface area contributed by atoms with Gasteiger partial charge in [0.1, 0.15) is 0 Å². The molecule has 0 fully saturated rings. The molecule has 5 heteroatoms. The van der Waals surface area contributed by atoms with E-state index in [0.717, 1.165) is 17.5 Å². The lowest BCUT2D eigenvalue weighted by Gasteiger charge is -2.18. The van der Waals surface area contributed by atoms with Crippen molar-refractivity contribution in [3.05, 3.63) is 28.9 Å². The molecule has 2 aromatic heterocycles. The second kappa shape index (κ2) is 4.00. The molecule has 2 N–H and O–H groups in total. The molecule has 2 aromatic rings. The Kier molecular flexibility index (Phi) is 2.79. The van der Waals surface area contributed by atoms with E-state index < -0.39 is 0 Å². The van der Waals surface area contributed by atoms with Gasteiger partial charge in [-0.1, -0.05) is 0 Å². The summed E-state index contributed by atoms with van der Waals surface area (Å²) < 4.78 is 3.37. The second-order valence-electron chi connectivity index (χ2n) is 5.10. The van der Waals surface area contributed by atoms with Crippen LogP contribution in [0.15, 0.2) is 23.3 Å². The van der Waals surface area contributed by atoms with Crippen molar-refractivity contribution in [1.29, 1.82) is 0 Å². The van der Waals surface area contributed by atoms with Crippen LogP contribution in [0.2, 0.25) is 0 Å². The highest BCUT2D eigenvalue weighted by Crippen LogP contribution is 2.12. The van der Waals surface area contributed by atoms with Gasteiger partial charge in [0.2, 0.25) is 0 Å². The molecule has 2 rings (SSSR count). The Labute approximate surface area is 99.9 Å². The number of nitrogens with two attached hydrogens (primary N) is 1. The Morgan fingerprint density at radius 2 is 2.12 bits per heavy atom. The van der Waals surface area contributed by atoms with Crippen LogP contribution < -0.4 is 11.4 Å². The van der Waals surface area contributed by atoms with Gasteiger partial charge in [-0.3, -0.25) is 14.1 Å². The molecule has 17 heavy (non-hydrogen) atoms. The van der Waals surface area contributed by atoms with Gasteiger partial charge in [0, 0.05) is 25.3 Å². The molecule has 0 bridgehead atoms. The third kappa shape index (κ3) is 2.24. The van der Waals surface area contributed by atoms with Gasteiger partial charge in [-0.25, -0.2) is 4.79 Å². The van der Waals surface area contributed by atoms with Crippen LogP contribution in [0.3, 0.4) is 0 Å². The zero-order valence-corrected chi connectivity index (χ0v) is 10.5. The van der Waals surface area contributed by atoms with E-state index in [1.807, 2.05) is 19.9 Å². The number of aromatic nitrogens is 3. The summed E-state index contributed by atoms with van der Waals surface area (Å²) in [5.74, 6) is 0. The number of hydrogen-bond donors (Lipinski definition) is 1. The predicted octanol–water partition coefficient (Wildman–Crippen LogP) is 0.862. The maximum Gasteiger partial charge on any atom is 0.328 e. The van der Waals surface area contributed by atoms with E-state index in [-0.39, 0.29) is 11.2 Å². The number of fused-ring (bicyclic) bond motifs is 1. The molecule has 0 aliphatic rings. The van der Waals surface area contributed by atoms with Crippen LogP contribution >= 0.6 is 0 Å². The molecule has 0 atom stereocenters. The number of hydrogen-bond acceptors (Lipinski definition) is 3. The standard InChI is InChI=1S/C12H18N4O/c1-12(2,13)5-7-16-9-4-6-14-8-10(9)15(3)11(16)17/h4,6,8H,5,7,13H2,1-3H3. The largest absolute Gasteiger partial charge is 0.328 e. The van der Waals surface area contributed by atoms with Gasteiger partial charge in [0.05, 0.1) is 17.2 Å². The van der Waals surface area contributed by atoms with Gasteiger partial charge in [0.15, 0.2) is 0 Å². The van der Waals surface area contributed by atoms with Gasteiger partial charge in [-0.2, -0.15) is 0 Å². The molecule has 0 radical (unpaired) electrons. The Morgan fingerprint density at radius 3 is 2.76 bits per heavy atom. The van der Waals surface area contributed by atoms with Crippen molar-refractivity contribution in [3.8, 4) is 0 Å². The number of aryl methyl sites for hydroxylation is 2. The van der Waals surface area contributed by atoms with Gasteiger partial charge in [-0.05, 0) is 26.3 Å². The highest BCUT2D eigenvalue weighted by molar-refractivity contribution is 5.74. The van der Waals surface area contributed by atoms with Crippen LogP contribution in [0.25, 0.3) is 11.0 Å². The van der Waals surface area contributed by atoms with E-state index in [9.17, 15) is 4.79 Å². The van der Waals surface area contributed by atoms with Crippen molar-refractivity contribution >= 4 is 11.0 Å². The van der Waals surface area contributed by atoms with Crippen LogP contribution in [0, 0.1) is 0 Å². The normalized spacial score (nSPS) is 12.2. The highest BCUT2D eigenvalue weighted by Gasteiger charge is 2.14. The minimum Gasteiger partial charge on any atom is -0.325 e. The molecule has 0 aromatic carbocycles. The highest BCUT2D eigenvalue weighted by atomic mass is 16.1. The summed E-state index contributed by atoms with van der Waals surface area (Å²) in [7, 11) is 1.76. The lowest BCUT2D eigenvalue weighted by atomic mass is 10.0. The number of imidazole rings is 1. The molecule has 2 heterocycles. The molecular formula is C12H18N4O. The fourth-order valence-corrected chi connectivity index (χ4v) is 1.87. The molecule has 0 aliphatic heterocycles. The molecule has 92 valence electrons. The number of rotatable bonds is 3. The first-order chi connectivity index (χ1) is 7.90. The van der Waals surface area contributed by atoms with Crippen LogP contribution in [0.4, 0.5) is 0 Å². The van der Waals surface area contributed by atoms with Crippen molar-refractivity contribution in [2.75, 3.05) is 0 Å². The lowest BCUT2D eigenvalue weighted by Crippen LogP contribution is -2.34. The van der Waals surface area contributed by atoms with Gasteiger partial charge < -0.3 is 5.73 Å². The molecule has 0 spiro atoms. The lowest BCUT2D eigenvalue weighted by molar-refractivity contribution is 0.434. The van der Waals surface area contributed by atoms with E-state index >= 15 is 0 Å². The maximum atomic E-state index is 12.1. The smallest absolute Gasteiger partial charge is 0.325 e. The Morgan fingerprint density at radius 1 is 1.41 bits per heavy atom. The quantitative estimate of drug-likeness (QED) is 0.856. The zero-order valence-electron chi connectivity index (χ0n) is 10.5. The van der Waals surface area contributed by atoms with Crippen LogP contribution in [-0.4, -0.2) is 19.7 Å². The van der Waals surface area contributed by atoms with Gasteiger partial charge in [0.25, 0.3) is 0 Å². The third-order valence-electron chi connectivity index (χ3n) is 2.93. The predicted molar refractivity (Wildman–Crippen MR) is 67.9 cm³/mol. The fourth-order valence-electron chi connectivity index (χ4n) is 1.87. The first-order valence-electron chi connectivity index (χ1n) is 5.68. The second-order valence-corrected chi connectivity index (χ2v) is 5.10. The molecule has 0 amide bonds. The molecule has 0 unspecified atom stereocenters. The molecule has 0 saturated carbocycles. The summed E-state index contributed by atoms with van der Waals surface area (Å²) in [6.45, 7) is 4.55. The number of nitrogens with zero attached hydrogens (tertiary/aromatic N) is 3. The maximum absolute atomic E-state index is 12.1. The fraction of sp³-hybridized carbons (Fsp3) is 0.500. The van der Waals surface area contributed by atoms with E-state index in [1.165, 1.54) is 0 Å². The minimum atomic E-state index is -0.269. The van der Waals surface area contributed by atoms with E-state index in [4.69, 9.17) is 5.73 Å². The Balaban J connectivity index is 2.47. The summed E-state index contributed by atoms with van der Waals surface area (Å²) in [5.41, 5.74) is 7.43. The van der Waals surface area contributed by atoms with E-state index in [1.54, 1.807) is 28.6 Å². The third-order valence-corrected chi connectivity index (χ3v) is 2.93. The summed E-state index contributed by atoms with van der Waals surface area (Å²) in [5, 5.41) is 0.